The summed E-state index contributed by atoms with van der Waals surface area (Å²) < 4.78 is 14.8. The Kier molecular flexibility index (Phi) is 7.05. The lowest BCUT2D eigenvalue weighted by Gasteiger charge is -2.20. The van der Waals surface area contributed by atoms with E-state index in [2.05, 4.69) is 59.6 Å². The van der Waals surface area contributed by atoms with E-state index < -0.39 is 7.14 Å². The summed E-state index contributed by atoms with van der Waals surface area (Å²) in [4.78, 5) is 14.7. The average Bonchev–Trinajstić information content (AvgIpc) is 3.15. The number of rotatable bonds is 6. The summed E-state index contributed by atoms with van der Waals surface area (Å²) in [6, 6.07) is 54.3. The number of fused-ring (bicyclic) bond motifs is 3. The standard InChI is InChI=1S/C41H28N3OP/c45-46(32-14-6-2-7-15-32,33-16-8-3-9-17-33)34-23-20-29(21-24-34)38-26-27-42-41(44-38)31-22-25-36-35-18-10-11-19-37(35)40(43-39(36)28-31)30-12-4-1-5-13-30/h1-28H. The molecular weight excluding hydrogens is 581 g/mol. The Labute approximate surface area is 267 Å². The van der Waals surface area contributed by atoms with Gasteiger partial charge < -0.3 is 4.57 Å². The molecular formula is C41H28N3OP. The highest BCUT2D eigenvalue weighted by atomic mass is 31.2. The van der Waals surface area contributed by atoms with Gasteiger partial charge in [-0.05, 0) is 17.5 Å². The van der Waals surface area contributed by atoms with E-state index in [0.29, 0.717) is 5.82 Å². The Morgan fingerprint density at radius 2 is 1.00 bits per heavy atom. The minimum Gasteiger partial charge on any atom is -0.309 e. The Bertz CT molecular complexity index is 2330. The topological polar surface area (TPSA) is 55.7 Å². The molecule has 0 saturated carbocycles. The van der Waals surface area contributed by atoms with Gasteiger partial charge in [-0.1, -0.05) is 152 Å². The van der Waals surface area contributed by atoms with Crippen LogP contribution in [0.3, 0.4) is 0 Å². The Morgan fingerprint density at radius 1 is 0.435 bits per heavy atom. The maximum Gasteiger partial charge on any atom is 0.171 e. The van der Waals surface area contributed by atoms with E-state index in [0.717, 1.165) is 65.7 Å². The molecule has 8 rings (SSSR count). The third-order valence-electron chi connectivity index (χ3n) is 8.43. The van der Waals surface area contributed by atoms with Crippen molar-refractivity contribution < 1.29 is 4.57 Å². The number of pyridine rings is 1. The fourth-order valence-corrected chi connectivity index (χ4v) is 8.78. The molecule has 0 spiro atoms. The molecule has 0 unspecified atom stereocenters. The Hall–Kier alpha value is -5.70. The highest BCUT2D eigenvalue weighted by molar-refractivity contribution is 7.85. The number of hydrogen-bond acceptors (Lipinski definition) is 4. The fourth-order valence-electron chi connectivity index (χ4n) is 6.14. The number of benzene rings is 6. The summed E-state index contributed by atoms with van der Waals surface area (Å²) >= 11 is 0. The van der Waals surface area contributed by atoms with Crippen molar-refractivity contribution in [3.63, 3.8) is 0 Å². The van der Waals surface area contributed by atoms with Crippen LogP contribution in [0.2, 0.25) is 0 Å². The number of hydrogen-bond donors (Lipinski definition) is 0. The molecule has 2 aromatic heterocycles. The average molecular weight is 610 g/mol. The number of aromatic nitrogens is 3. The van der Waals surface area contributed by atoms with Crippen LogP contribution in [-0.4, -0.2) is 15.0 Å². The largest absolute Gasteiger partial charge is 0.309 e. The lowest BCUT2D eigenvalue weighted by molar-refractivity contribution is 0.592. The lowest BCUT2D eigenvalue weighted by Crippen LogP contribution is -2.24. The minimum atomic E-state index is -3.05. The van der Waals surface area contributed by atoms with E-state index in [9.17, 15) is 4.57 Å². The van der Waals surface area contributed by atoms with E-state index in [-0.39, 0.29) is 0 Å². The van der Waals surface area contributed by atoms with Crippen molar-refractivity contribution in [2.24, 2.45) is 0 Å². The van der Waals surface area contributed by atoms with Crippen LogP contribution in [0.15, 0.2) is 170 Å². The molecule has 46 heavy (non-hydrogen) atoms. The van der Waals surface area contributed by atoms with Gasteiger partial charge in [0, 0.05) is 49.6 Å². The van der Waals surface area contributed by atoms with E-state index in [1.165, 1.54) is 0 Å². The minimum absolute atomic E-state index is 0.624. The molecule has 6 aromatic carbocycles. The van der Waals surface area contributed by atoms with Gasteiger partial charge in [-0.3, -0.25) is 0 Å². The fraction of sp³-hybridized carbons (Fsp3) is 0. The zero-order chi connectivity index (χ0) is 30.9. The van der Waals surface area contributed by atoms with Crippen molar-refractivity contribution in [2.45, 2.75) is 0 Å². The molecule has 0 aliphatic carbocycles. The molecule has 0 radical (unpaired) electrons. The van der Waals surface area contributed by atoms with Gasteiger partial charge in [0.2, 0.25) is 0 Å². The maximum absolute atomic E-state index is 14.8. The van der Waals surface area contributed by atoms with Crippen molar-refractivity contribution in [1.29, 1.82) is 0 Å². The molecule has 0 atom stereocenters. The van der Waals surface area contributed by atoms with Crippen molar-refractivity contribution in [2.75, 3.05) is 0 Å². The van der Waals surface area contributed by atoms with Crippen LogP contribution in [0, 0.1) is 0 Å². The van der Waals surface area contributed by atoms with Gasteiger partial charge in [0.05, 0.1) is 16.9 Å². The Balaban J connectivity index is 1.18. The molecule has 218 valence electrons. The molecule has 5 heteroatoms. The van der Waals surface area contributed by atoms with Gasteiger partial charge in [-0.25, -0.2) is 15.0 Å². The number of nitrogens with zero attached hydrogens (tertiary/aromatic N) is 3. The molecule has 8 aromatic rings. The Morgan fingerprint density at radius 3 is 1.67 bits per heavy atom. The van der Waals surface area contributed by atoms with Crippen LogP contribution in [0.5, 0.6) is 0 Å². The van der Waals surface area contributed by atoms with Crippen molar-refractivity contribution in [3.05, 3.63) is 170 Å². The van der Waals surface area contributed by atoms with Crippen LogP contribution in [-0.2, 0) is 4.57 Å². The maximum atomic E-state index is 14.8. The third kappa shape index (κ3) is 4.90. The van der Waals surface area contributed by atoms with Crippen LogP contribution >= 0.6 is 7.14 Å². The van der Waals surface area contributed by atoms with Gasteiger partial charge >= 0.3 is 0 Å². The van der Waals surface area contributed by atoms with Gasteiger partial charge in [0.1, 0.15) is 0 Å². The van der Waals surface area contributed by atoms with Crippen LogP contribution < -0.4 is 15.9 Å². The molecule has 4 nitrogen and oxygen atoms in total. The zero-order valence-electron chi connectivity index (χ0n) is 24.9. The summed E-state index contributed by atoms with van der Waals surface area (Å²) in [5.74, 6) is 0.624. The van der Waals surface area contributed by atoms with Gasteiger partial charge in [-0.2, -0.15) is 0 Å². The second-order valence-corrected chi connectivity index (χ2v) is 14.0. The van der Waals surface area contributed by atoms with Crippen molar-refractivity contribution >= 4 is 44.7 Å². The molecule has 0 aliphatic heterocycles. The monoisotopic (exact) mass is 609 g/mol. The normalized spacial score (nSPS) is 11.6. The van der Waals surface area contributed by atoms with E-state index in [1.54, 1.807) is 6.20 Å². The quantitative estimate of drug-likeness (QED) is 0.140. The first-order valence-corrected chi connectivity index (χ1v) is 16.9. The van der Waals surface area contributed by atoms with E-state index >= 15 is 0 Å². The predicted octanol–water partition coefficient (Wildman–Crippen LogP) is 8.82. The summed E-state index contributed by atoms with van der Waals surface area (Å²) in [6.45, 7) is 0. The second-order valence-electron chi connectivity index (χ2n) is 11.2. The first-order chi connectivity index (χ1) is 22.7. The molecule has 2 heterocycles. The lowest BCUT2D eigenvalue weighted by atomic mass is 9.99. The highest BCUT2D eigenvalue weighted by Gasteiger charge is 2.29. The van der Waals surface area contributed by atoms with Crippen LogP contribution in [0.4, 0.5) is 0 Å². The summed E-state index contributed by atoms with van der Waals surface area (Å²) in [5, 5.41) is 5.78. The summed E-state index contributed by atoms with van der Waals surface area (Å²) in [7, 11) is -3.05. The van der Waals surface area contributed by atoms with Gasteiger partial charge in [0.25, 0.3) is 0 Å². The highest BCUT2D eigenvalue weighted by Crippen LogP contribution is 2.42. The van der Waals surface area contributed by atoms with E-state index in [1.807, 2.05) is 109 Å². The SMILES string of the molecule is O=P(c1ccccc1)(c1ccccc1)c1ccc(-c2ccnc(-c3ccc4c(c3)nc(-c3ccccc3)c3ccccc34)n2)cc1. The molecule has 0 amide bonds. The zero-order valence-corrected chi connectivity index (χ0v) is 25.8. The third-order valence-corrected chi connectivity index (χ3v) is 11.5. The molecule has 0 saturated heterocycles. The van der Waals surface area contributed by atoms with Gasteiger partial charge in [0.15, 0.2) is 13.0 Å². The van der Waals surface area contributed by atoms with Crippen molar-refractivity contribution in [3.8, 4) is 33.9 Å². The smallest absolute Gasteiger partial charge is 0.171 e. The molecule has 0 aliphatic rings. The van der Waals surface area contributed by atoms with Crippen LogP contribution in [0.25, 0.3) is 55.6 Å². The molecule has 0 N–H and O–H groups in total. The summed E-state index contributed by atoms with van der Waals surface area (Å²) in [6.07, 6.45) is 1.79. The predicted molar refractivity (Wildman–Crippen MR) is 191 cm³/mol. The van der Waals surface area contributed by atoms with Gasteiger partial charge in [-0.15, -0.1) is 0 Å². The first kappa shape index (κ1) is 27.8. The van der Waals surface area contributed by atoms with E-state index in [4.69, 9.17) is 9.97 Å². The first-order valence-electron chi connectivity index (χ1n) is 15.2. The van der Waals surface area contributed by atoms with Crippen LogP contribution in [0.1, 0.15) is 0 Å². The van der Waals surface area contributed by atoms with Crippen molar-refractivity contribution in [1.82, 2.24) is 15.0 Å². The second kappa shape index (κ2) is 11.7. The summed E-state index contributed by atoms with van der Waals surface area (Å²) in [5.41, 5.74) is 5.55. The molecule has 0 fully saturated rings. The molecule has 0 bridgehead atoms.